The summed E-state index contributed by atoms with van der Waals surface area (Å²) < 4.78 is 7.27. The van der Waals surface area contributed by atoms with Crippen molar-refractivity contribution < 1.29 is 4.74 Å². The summed E-state index contributed by atoms with van der Waals surface area (Å²) in [6.45, 7) is 4.69. The van der Waals surface area contributed by atoms with E-state index < -0.39 is 0 Å². The zero-order chi connectivity index (χ0) is 42.8. The second kappa shape index (κ2) is 15.0. The van der Waals surface area contributed by atoms with E-state index in [4.69, 9.17) is 4.74 Å². The van der Waals surface area contributed by atoms with Gasteiger partial charge in [0.15, 0.2) is 5.75 Å². The van der Waals surface area contributed by atoms with Crippen molar-refractivity contribution in [3.05, 3.63) is 242 Å². The van der Waals surface area contributed by atoms with E-state index in [1.54, 1.807) is 0 Å². The molecule has 0 unspecified atom stereocenters. The van der Waals surface area contributed by atoms with E-state index in [9.17, 15) is 0 Å². The first kappa shape index (κ1) is 37.6. The molecule has 304 valence electrons. The third-order valence-electron chi connectivity index (χ3n) is 13.2. The molecule has 1 aliphatic carbocycles. The molecule has 0 spiro atoms. The number of nitrogens with zero attached hydrogens (tertiary/aromatic N) is 2. The van der Waals surface area contributed by atoms with Gasteiger partial charge >= 0.3 is 0 Å². The fourth-order valence-corrected chi connectivity index (χ4v) is 10.1. The van der Waals surface area contributed by atoms with Crippen LogP contribution < -0.4 is 14.5 Å². The third-order valence-corrected chi connectivity index (χ3v) is 13.2. The number of benzene rings is 10. The van der Waals surface area contributed by atoms with Gasteiger partial charge in [-0.2, -0.15) is 0 Å². The highest BCUT2D eigenvalue weighted by Crippen LogP contribution is 2.55. The van der Waals surface area contributed by atoms with Crippen LogP contribution in [0.4, 0.5) is 34.1 Å². The summed E-state index contributed by atoms with van der Waals surface area (Å²) in [7, 11) is 0. The molecule has 0 bridgehead atoms. The van der Waals surface area contributed by atoms with E-state index in [2.05, 4.69) is 254 Å². The Kier molecular flexibility index (Phi) is 8.84. The van der Waals surface area contributed by atoms with Gasteiger partial charge in [0.05, 0.1) is 5.69 Å². The van der Waals surface area contributed by atoms with Crippen molar-refractivity contribution in [2.45, 2.75) is 19.3 Å². The first-order valence-electron chi connectivity index (χ1n) is 22.1. The highest BCUT2D eigenvalue weighted by atomic mass is 16.5. The Balaban J connectivity index is 0.990. The van der Waals surface area contributed by atoms with E-state index >= 15 is 0 Å². The SMILES string of the molecule is CC1(C)c2ccccc2-c2ccc(N(c3ccc(-c4ccc(-c5ccccc5)cc4)cc3)c3ccc4c(c3)Oc3c(N(c5ccccc5)c5ccccc5)ccc5cccc-4c35)cc21. The lowest BCUT2D eigenvalue weighted by Crippen LogP contribution is -2.16. The molecule has 12 rings (SSSR count). The number of hydrogen-bond acceptors (Lipinski definition) is 3. The molecule has 0 aromatic heterocycles. The highest BCUT2D eigenvalue weighted by molar-refractivity contribution is 6.08. The lowest BCUT2D eigenvalue weighted by molar-refractivity contribution is 0.488. The lowest BCUT2D eigenvalue weighted by atomic mass is 9.82. The minimum absolute atomic E-state index is 0.148. The molecule has 10 aromatic carbocycles. The minimum Gasteiger partial charge on any atom is -0.454 e. The van der Waals surface area contributed by atoms with E-state index in [0.717, 1.165) is 67.5 Å². The Morgan fingerprint density at radius 2 is 0.844 bits per heavy atom. The molecule has 10 aromatic rings. The second-order valence-corrected chi connectivity index (χ2v) is 17.3. The van der Waals surface area contributed by atoms with Gasteiger partial charge in [0.25, 0.3) is 0 Å². The zero-order valence-corrected chi connectivity index (χ0v) is 35.7. The van der Waals surface area contributed by atoms with Gasteiger partial charge in [0, 0.05) is 50.9 Å². The van der Waals surface area contributed by atoms with Crippen LogP contribution in [0.5, 0.6) is 11.5 Å². The number of fused-ring (bicyclic) bond motifs is 5. The normalized spacial score (nSPS) is 12.8. The molecule has 0 saturated heterocycles. The van der Waals surface area contributed by atoms with Gasteiger partial charge in [-0.3, -0.25) is 0 Å². The van der Waals surface area contributed by atoms with Crippen LogP contribution in [0.2, 0.25) is 0 Å². The van der Waals surface area contributed by atoms with Crippen molar-refractivity contribution in [1.29, 1.82) is 0 Å². The van der Waals surface area contributed by atoms with Crippen molar-refractivity contribution in [3.63, 3.8) is 0 Å². The summed E-state index contributed by atoms with van der Waals surface area (Å²) in [4.78, 5) is 4.68. The molecule has 1 aliphatic heterocycles. The van der Waals surface area contributed by atoms with Gasteiger partial charge in [-0.1, -0.05) is 172 Å². The number of ether oxygens (including phenoxy) is 1. The third kappa shape index (κ3) is 6.20. The molecule has 0 radical (unpaired) electrons. The van der Waals surface area contributed by atoms with E-state index in [1.807, 2.05) is 0 Å². The fraction of sp³-hybridized carbons (Fsp3) is 0.0492. The maximum atomic E-state index is 7.27. The van der Waals surface area contributed by atoms with Crippen molar-refractivity contribution in [2.75, 3.05) is 9.80 Å². The van der Waals surface area contributed by atoms with Crippen molar-refractivity contribution in [1.82, 2.24) is 0 Å². The summed E-state index contributed by atoms with van der Waals surface area (Å²) in [5.41, 5.74) is 18.5. The topological polar surface area (TPSA) is 15.7 Å². The number of rotatable bonds is 8. The van der Waals surface area contributed by atoms with Crippen molar-refractivity contribution in [2.24, 2.45) is 0 Å². The molecule has 64 heavy (non-hydrogen) atoms. The molecule has 0 fully saturated rings. The molecule has 0 atom stereocenters. The second-order valence-electron chi connectivity index (χ2n) is 17.3. The van der Waals surface area contributed by atoms with Crippen LogP contribution in [0.3, 0.4) is 0 Å². The standard InChI is InChI=1S/C61H44N2O/c1-61(2)55-24-13-12-22-51(55)52-36-34-49(39-56(52)61)62(48-32-29-44(30-33-48)43-27-25-42(26-28-43)41-15-6-3-7-16-41)50-35-37-53-54-23-14-17-45-31-38-57(60(59(45)54)64-58(53)40-50)63(46-18-8-4-9-19-46)47-20-10-5-11-21-47/h3-40H,1-2H3. The molecule has 1 heterocycles. The predicted molar refractivity (Wildman–Crippen MR) is 267 cm³/mol. The molecule has 0 saturated carbocycles. The Morgan fingerprint density at radius 3 is 1.52 bits per heavy atom. The number of hydrogen-bond donors (Lipinski definition) is 0. The van der Waals surface area contributed by atoms with Gasteiger partial charge in [-0.05, 0) is 122 Å². The summed E-state index contributed by atoms with van der Waals surface area (Å²) in [6.07, 6.45) is 0. The highest BCUT2D eigenvalue weighted by Gasteiger charge is 2.36. The van der Waals surface area contributed by atoms with E-state index in [1.165, 1.54) is 44.5 Å². The maximum Gasteiger partial charge on any atom is 0.159 e. The Bertz CT molecular complexity index is 3320. The summed E-state index contributed by atoms with van der Waals surface area (Å²) in [6, 6.07) is 83.1. The first-order valence-corrected chi connectivity index (χ1v) is 22.1. The van der Waals surface area contributed by atoms with E-state index in [0.29, 0.717) is 0 Å². The summed E-state index contributed by atoms with van der Waals surface area (Å²) in [5.74, 6) is 1.66. The Hall–Kier alpha value is -8.14. The number of para-hydroxylation sites is 2. The van der Waals surface area contributed by atoms with Crippen LogP contribution in [-0.4, -0.2) is 0 Å². The molecule has 0 N–H and O–H groups in total. The van der Waals surface area contributed by atoms with E-state index in [-0.39, 0.29) is 5.41 Å². The predicted octanol–water partition coefficient (Wildman–Crippen LogP) is 17.2. The quantitative estimate of drug-likeness (QED) is 0.152. The lowest BCUT2D eigenvalue weighted by Gasteiger charge is -2.32. The molecular weight excluding hydrogens is 777 g/mol. The van der Waals surface area contributed by atoms with Crippen LogP contribution >= 0.6 is 0 Å². The molecular formula is C61H44N2O. The van der Waals surface area contributed by atoms with Crippen LogP contribution in [-0.2, 0) is 5.41 Å². The average molecular weight is 821 g/mol. The molecule has 0 amide bonds. The Labute approximate surface area is 374 Å². The fourth-order valence-electron chi connectivity index (χ4n) is 10.1. The minimum atomic E-state index is -0.148. The van der Waals surface area contributed by atoms with Gasteiger partial charge in [0.1, 0.15) is 5.75 Å². The van der Waals surface area contributed by atoms with Crippen LogP contribution in [0.15, 0.2) is 231 Å². The summed E-state index contributed by atoms with van der Waals surface area (Å²) >= 11 is 0. The number of anilines is 6. The zero-order valence-electron chi connectivity index (χ0n) is 35.7. The maximum absolute atomic E-state index is 7.27. The van der Waals surface area contributed by atoms with Gasteiger partial charge in [-0.15, -0.1) is 0 Å². The monoisotopic (exact) mass is 820 g/mol. The van der Waals surface area contributed by atoms with Crippen molar-refractivity contribution in [3.8, 4) is 56.0 Å². The van der Waals surface area contributed by atoms with Gasteiger partial charge < -0.3 is 14.5 Å². The Morgan fingerprint density at radius 1 is 0.344 bits per heavy atom. The largest absolute Gasteiger partial charge is 0.454 e. The molecule has 2 aliphatic rings. The van der Waals surface area contributed by atoms with Crippen LogP contribution in [0.25, 0.3) is 55.3 Å². The van der Waals surface area contributed by atoms with Crippen LogP contribution in [0.1, 0.15) is 25.0 Å². The summed E-state index contributed by atoms with van der Waals surface area (Å²) in [5, 5.41) is 2.26. The van der Waals surface area contributed by atoms with Crippen molar-refractivity contribution >= 4 is 44.9 Å². The van der Waals surface area contributed by atoms with Gasteiger partial charge in [-0.25, -0.2) is 0 Å². The smallest absolute Gasteiger partial charge is 0.159 e. The average Bonchev–Trinajstić information content (AvgIpc) is 3.58. The molecule has 3 nitrogen and oxygen atoms in total. The first-order chi connectivity index (χ1) is 31.5. The molecule has 3 heteroatoms. The van der Waals surface area contributed by atoms with Crippen LogP contribution in [0, 0.1) is 0 Å². The van der Waals surface area contributed by atoms with Gasteiger partial charge in [0.2, 0.25) is 0 Å².